The molecular formula is C20H19NO5S2. The minimum absolute atomic E-state index is 0.410. The molecule has 146 valence electrons. The van der Waals surface area contributed by atoms with Gasteiger partial charge >= 0.3 is 5.97 Å². The highest BCUT2D eigenvalue weighted by Crippen LogP contribution is 2.42. The van der Waals surface area contributed by atoms with Gasteiger partial charge in [-0.15, -0.1) is 11.3 Å². The zero-order valence-corrected chi connectivity index (χ0v) is 17.2. The molecule has 0 saturated heterocycles. The molecule has 0 saturated carbocycles. The number of thiophene rings is 1. The van der Waals surface area contributed by atoms with Crippen LogP contribution in [0.3, 0.4) is 0 Å². The van der Waals surface area contributed by atoms with Crippen LogP contribution >= 0.6 is 11.3 Å². The van der Waals surface area contributed by atoms with Crippen molar-refractivity contribution >= 4 is 33.9 Å². The van der Waals surface area contributed by atoms with E-state index in [-0.39, 0.29) is 0 Å². The smallest absolute Gasteiger partial charge is 0.348 e. The molecule has 0 aliphatic heterocycles. The summed E-state index contributed by atoms with van der Waals surface area (Å²) in [6.45, 7) is 1.96. The van der Waals surface area contributed by atoms with Crippen LogP contribution in [0.25, 0.3) is 21.6 Å². The summed E-state index contributed by atoms with van der Waals surface area (Å²) in [5.74, 6) is 0.346. The Labute approximate surface area is 168 Å². The molecule has 28 heavy (non-hydrogen) atoms. The summed E-state index contributed by atoms with van der Waals surface area (Å²) in [7, 11) is 0.236. The minimum Gasteiger partial charge on any atom is -0.497 e. The van der Waals surface area contributed by atoms with Gasteiger partial charge in [0.05, 0.1) is 14.2 Å². The third kappa shape index (κ3) is 4.02. The van der Waals surface area contributed by atoms with Crippen molar-refractivity contribution in [1.29, 1.82) is 0 Å². The largest absolute Gasteiger partial charge is 0.497 e. The van der Waals surface area contributed by atoms with Crippen LogP contribution in [0.2, 0.25) is 0 Å². The number of rotatable bonds is 6. The van der Waals surface area contributed by atoms with Crippen LogP contribution in [0, 0.1) is 6.92 Å². The van der Waals surface area contributed by atoms with Crippen LogP contribution in [0.5, 0.6) is 5.75 Å². The minimum atomic E-state index is -2.73. The number of esters is 1. The fraction of sp³-hybridized carbons (Fsp3) is 0.150. The summed E-state index contributed by atoms with van der Waals surface area (Å²) in [5, 5.41) is 0. The lowest BCUT2D eigenvalue weighted by atomic mass is 9.98. The quantitative estimate of drug-likeness (QED) is 0.466. The second-order valence-corrected chi connectivity index (χ2v) is 7.69. The molecule has 3 rings (SSSR count). The van der Waals surface area contributed by atoms with Gasteiger partial charge in [-0.2, -0.15) is 0 Å². The van der Waals surface area contributed by atoms with Crippen molar-refractivity contribution in [2.24, 2.45) is 0 Å². The van der Waals surface area contributed by atoms with E-state index in [1.165, 1.54) is 18.4 Å². The molecule has 0 atom stereocenters. The second-order valence-electron chi connectivity index (χ2n) is 5.93. The third-order valence-electron chi connectivity index (χ3n) is 4.26. The van der Waals surface area contributed by atoms with E-state index in [9.17, 15) is 13.2 Å². The second kappa shape index (κ2) is 8.45. The highest BCUT2D eigenvalue weighted by Gasteiger charge is 2.23. The summed E-state index contributed by atoms with van der Waals surface area (Å²) < 4.78 is 34.2. The number of hydrogen-bond acceptors (Lipinski definition) is 6. The molecule has 0 fully saturated rings. The average Bonchev–Trinajstić information content (AvgIpc) is 3.05. The Morgan fingerprint density at radius 2 is 1.57 bits per heavy atom. The molecule has 0 bridgehead atoms. The number of thiol groups is 1. The Morgan fingerprint density at radius 3 is 2.11 bits per heavy atom. The van der Waals surface area contributed by atoms with Crippen molar-refractivity contribution in [3.05, 3.63) is 59.0 Å². The molecule has 8 heteroatoms. The third-order valence-corrected chi connectivity index (χ3v) is 6.03. The molecule has 0 amide bonds. The van der Waals surface area contributed by atoms with Gasteiger partial charge < -0.3 is 9.47 Å². The van der Waals surface area contributed by atoms with Crippen molar-refractivity contribution in [3.8, 4) is 27.3 Å². The number of anilines is 1. The monoisotopic (exact) mass is 417 g/mol. The Hall–Kier alpha value is -2.84. The van der Waals surface area contributed by atoms with E-state index in [0.717, 1.165) is 32.9 Å². The predicted molar refractivity (Wildman–Crippen MR) is 112 cm³/mol. The average molecular weight is 418 g/mol. The molecule has 6 nitrogen and oxygen atoms in total. The zero-order chi connectivity index (χ0) is 20.3. The van der Waals surface area contributed by atoms with Crippen molar-refractivity contribution in [2.75, 3.05) is 18.9 Å². The fourth-order valence-corrected chi connectivity index (χ4v) is 4.54. The highest BCUT2D eigenvalue weighted by molar-refractivity contribution is 7.73. The summed E-state index contributed by atoms with van der Waals surface area (Å²) in [5.41, 5.74) is 3.97. The molecule has 0 aliphatic carbocycles. The standard InChI is InChI=1S/C20H19NO5S2/c1-12-17(13-4-8-15(9-5-13)21-28(23)24)19(20(22)26-3)27-18(12)14-6-10-16(25-2)11-7-14/h4-11,28H,1-3H3,(H,21,23,24). The Balaban J connectivity index is 2.11. The van der Waals surface area contributed by atoms with E-state index >= 15 is 0 Å². The van der Waals surface area contributed by atoms with E-state index in [0.29, 0.717) is 10.6 Å². The zero-order valence-electron chi connectivity index (χ0n) is 15.5. The van der Waals surface area contributed by atoms with Crippen molar-refractivity contribution < 1.29 is 22.7 Å². The molecule has 1 aromatic heterocycles. The summed E-state index contributed by atoms with van der Waals surface area (Å²) in [4.78, 5) is 13.9. The molecule has 0 spiro atoms. The number of ether oxygens (including phenoxy) is 2. The van der Waals surface area contributed by atoms with Crippen molar-refractivity contribution in [2.45, 2.75) is 6.92 Å². The lowest BCUT2D eigenvalue weighted by molar-refractivity contribution is 0.0607. The topological polar surface area (TPSA) is 81.7 Å². The van der Waals surface area contributed by atoms with Crippen LogP contribution in [0.4, 0.5) is 5.69 Å². The first-order valence-electron chi connectivity index (χ1n) is 8.32. The van der Waals surface area contributed by atoms with Gasteiger partial charge in [-0.05, 0) is 60.0 Å². The van der Waals surface area contributed by atoms with E-state index in [4.69, 9.17) is 9.47 Å². The number of methoxy groups -OCH3 is 2. The predicted octanol–water partition coefficient (Wildman–Crippen LogP) is 4.12. The van der Waals surface area contributed by atoms with Gasteiger partial charge in [-0.25, -0.2) is 13.2 Å². The summed E-state index contributed by atoms with van der Waals surface area (Å²) in [6, 6.07) is 14.5. The van der Waals surface area contributed by atoms with E-state index in [1.54, 1.807) is 31.4 Å². The van der Waals surface area contributed by atoms with Crippen LogP contribution in [-0.4, -0.2) is 28.6 Å². The number of nitrogens with one attached hydrogen (secondary N) is 1. The molecule has 1 N–H and O–H groups in total. The first kappa shape index (κ1) is 19.9. The molecule has 0 aliphatic rings. The number of benzene rings is 2. The Kier molecular flexibility index (Phi) is 6.01. The number of carbonyl (C=O) groups excluding carboxylic acids is 1. The molecular weight excluding hydrogens is 398 g/mol. The normalized spacial score (nSPS) is 10.7. The maximum Gasteiger partial charge on any atom is 0.348 e. The number of carbonyl (C=O) groups is 1. The number of hydrogen-bond donors (Lipinski definition) is 2. The van der Waals surface area contributed by atoms with Crippen molar-refractivity contribution in [3.63, 3.8) is 0 Å². The lowest BCUT2D eigenvalue weighted by Gasteiger charge is -2.07. The van der Waals surface area contributed by atoms with Crippen LogP contribution in [0.15, 0.2) is 48.5 Å². The Bertz CT molecular complexity index is 1060. The van der Waals surface area contributed by atoms with Gasteiger partial charge in [-0.3, -0.25) is 4.72 Å². The molecule has 0 unspecified atom stereocenters. The van der Waals surface area contributed by atoms with Crippen LogP contribution < -0.4 is 9.46 Å². The first-order valence-corrected chi connectivity index (χ1v) is 10.3. The van der Waals surface area contributed by atoms with Crippen LogP contribution in [-0.2, 0) is 15.6 Å². The van der Waals surface area contributed by atoms with E-state index in [2.05, 4.69) is 4.72 Å². The van der Waals surface area contributed by atoms with E-state index < -0.39 is 16.9 Å². The first-order chi connectivity index (χ1) is 13.4. The molecule has 0 radical (unpaired) electrons. The van der Waals surface area contributed by atoms with Crippen LogP contribution in [0.1, 0.15) is 15.2 Å². The summed E-state index contributed by atoms with van der Waals surface area (Å²) in [6.07, 6.45) is 0. The van der Waals surface area contributed by atoms with Gasteiger partial charge in [0.2, 0.25) is 10.9 Å². The highest BCUT2D eigenvalue weighted by atomic mass is 32.2. The van der Waals surface area contributed by atoms with Gasteiger partial charge in [-0.1, -0.05) is 12.1 Å². The lowest BCUT2D eigenvalue weighted by Crippen LogP contribution is -2.00. The van der Waals surface area contributed by atoms with Gasteiger partial charge in [0, 0.05) is 16.1 Å². The molecule has 3 aromatic rings. The molecule has 1 heterocycles. The van der Waals surface area contributed by atoms with Crippen molar-refractivity contribution in [1.82, 2.24) is 0 Å². The van der Waals surface area contributed by atoms with Gasteiger partial charge in [0.25, 0.3) is 0 Å². The van der Waals surface area contributed by atoms with E-state index in [1.807, 2.05) is 31.2 Å². The fourth-order valence-electron chi connectivity index (χ4n) is 2.93. The van der Waals surface area contributed by atoms with Gasteiger partial charge in [0.1, 0.15) is 10.6 Å². The SMILES string of the molecule is COC(=O)c1sc(-c2ccc(OC)cc2)c(C)c1-c1ccc(N[SH](=O)=O)cc1. The molecule has 2 aromatic carbocycles. The van der Waals surface area contributed by atoms with Gasteiger partial charge in [0.15, 0.2) is 0 Å². The maximum atomic E-state index is 12.4. The maximum absolute atomic E-state index is 12.4. The summed E-state index contributed by atoms with van der Waals surface area (Å²) >= 11 is 1.37. The Morgan fingerprint density at radius 1 is 0.964 bits per heavy atom.